The third-order valence-electron chi connectivity index (χ3n) is 5.32. The second-order valence-corrected chi connectivity index (χ2v) is 9.55. The molecule has 0 atom stereocenters. The zero-order valence-corrected chi connectivity index (χ0v) is 22.5. The molecule has 2 N–H and O–H groups in total. The first-order valence-corrected chi connectivity index (χ1v) is 11.2. The van der Waals surface area contributed by atoms with Crippen LogP contribution in [-0.4, -0.2) is 67.0 Å². The number of carbonyl (C=O) groups is 1. The minimum absolute atomic E-state index is 0. The summed E-state index contributed by atoms with van der Waals surface area (Å²) in [6.07, 6.45) is 2.34. The second-order valence-electron chi connectivity index (χ2n) is 9.55. The standard InChI is InChI=1S/C24H41N5O.HI/c1-7-25-23(28(6)18-22(30)27-24(3,4)5)26-16-20-12-14-29(15-13-20)17-21-10-8-19(2)9-11-21;/h8-11,20H,7,12-18H2,1-6H3,(H,25,26)(H,27,30);1H. The molecule has 1 saturated heterocycles. The quantitative estimate of drug-likeness (QED) is 0.313. The number of amides is 1. The predicted molar refractivity (Wildman–Crippen MR) is 141 cm³/mol. The fourth-order valence-corrected chi connectivity index (χ4v) is 3.71. The summed E-state index contributed by atoms with van der Waals surface area (Å²) in [5, 5.41) is 6.33. The van der Waals surface area contributed by atoms with E-state index in [4.69, 9.17) is 4.99 Å². The number of rotatable bonds is 7. The van der Waals surface area contributed by atoms with Crippen LogP contribution in [0.3, 0.4) is 0 Å². The Hall–Kier alpha value is -1.35. The fourth-order valence-electron chi connectivity index (χ4n) is 3.71. The van der Waals surface area contributed by atoms with Gasteiger partial charge >= 0.3 is 0 Å². The minimum Gasteiger partial charge on any atom is -0.357 e. The van der Waals surface area contributed by atoms with Gasteiger partial charge < -0.3 is 15.5 Å². The van der Waals surface area contributed by atoms with Gasteiger partial charge in [-0.05, 0) is 72.0 Å². The number of likely N-dealkylation sites (N-methyl/N-ethyl adjacent to an activating group) is 1. The van der Waals surface area contributed by atoms with Gasteiger partial charge in [0.1, 0.15) is 0 Å². The molecular weight excluding hydrogens is 501 g/mol. The van der Waals surface area contributed by atoms with Crippen molar-refractivity contribution in [2.45, 2.75) is 59.5 Å². The molecule has 1 heterocycles. The second kappa shape index (κ2) is 13.3. The maximum Gasteiger partial charge on any atom is 0.240 e. The van der Waals surface area contributed by atoms with E-state index in [1.54, 1.807) is 0 Å². The maximum atomic E-state index is 12.2. The van der Waals surface area contributed by atoms with Crippen LogP contribution in [0.1, 0.15) is 51.7 Å². The van der Waals surface area contributed by atoms with E-state index >= 15 is 0 Å². The number of guanidine groups is 1. The summed E-state index contributed by atoms with van der Waals surface area (Å²) in [6, 6.07) is 8.86. The number of nitrogens with zero attached hydrogens (tertiary/aromatic N) is 3. The molecule has 0 unspecified atom stereocenters. The third kappa shape index (κ3) is 10.7. The lowest BCUT2D eigenvalue weighted by Crippen LogP contribution is -2.49. The molecule has 7 heteroatoms. The number of nitrogens with one attached hydrogen (secondary N) is 2. The Balaban J connectivity index is 0.00000480. The summed E-state index contributed by atoms with van der Waals surface area (Å²) >= 11 is 0. The molecule has 0 spiro atoms. The summed E-state index contributed by atoms with van der Waals surface area (Å²) in [5.41, 5.74) is 2.48. The Morgan fingerprint density at radius 1 is 1.19 bits per heavy atom. The summed E-state index contributed by atoms with van der Waals surface area (Å²) in [6.45, 7) is 15.4. The number of hydrogen-bond acceptors (Lipinski definition) is 3. The van der Waals surface area contributed by atoms with E-state index in [0.717, 1.165) is 38.7 Å². The summed E-state index contributed by atoms with van der Waals surface area (Å²) in [5.74, 6) is 1.42. The molecule has 31 heavy (non-hydrogen) atoms. The van der Waals surface area contributed by atoms with Crippen molar-refractivity contribution in [3.8, 4) is 0 Å². The number of hydrogen-bond donors (Lipinski definition) is 2. The van der Waals surface area contributed by atoms with Crippen molar-refractivity contribution in [1.29, 1.82) is 0 Å². The Kier molecular flexibility index (Phi) is 11.8. The molecule has 0 aliphatic carbocycles. The van der Waals surface area contributed by atoms with Gasteiger partial charge in [0.15, 0.2) is 5.96 Å². The van der Waals surface area contributed by atoms with Gasteiger partial charge in [0.25, 0.3) is 0 Å². The first-order chi connectivity index (χ1) is 14.2. The largest absolute Gasteiger partial charge is 0.357 e. The van der Waals surface area contributed by atoms with Crippen molar-refractivity contribution in [3.05, 3.63) is 35.4 Å². The number of likely N-dealkylation sites (tertiary alicyclic amines) is 1. The molecule has 1 aliphatic rings. The first-order valence-electron chi connectivity index (χ1n) is 11.2. The molecule has 1 aliphatic heterocycles. The number of benzene rings is 1. The van der Waals surface area contributed by atoms with Crippen LogP contribution < -0.4 is 10.6 Å². The lowest BCUT2D eigenvalue weighted by atomic mass is 9.96. The van der Waals surface area contributed by atoms with Gasteiger partial charge in [0.05, 0.1) is 6.54 Å². The van der Waals surface area contributed by atoms with E-state index < -0.39 is 0 Å². The lowest BCUT2D eigenvalue weighted by molar-refractivity contribution is -0.122. The molecule has 0 aromatic heterocycles. The van der Waals surface area contributed by atoms with Crippen LogP contribution in [0.4, 0.5) is 0 Å². The first kappa shape index (κ1) is 27.7. The van der Waals surface area contributed by atoms with E-state index in [1.165, 1.54) is 24.0 Å². The van der Waals surface area contributed by atoms with Gasteiger partial charge in [-0.3, -0.25) is 14.7 Å². The van der Waals surface area contributed by atoms with Gasteiger partial charge in [-0.25, -0.2) is 0 Å². The predicted octanol–water partition coefficient (Wildman–Crippen LogP) is 3.64. The maximum absolute atomic E-state index is 12.2. The molecule has 1 amide bonds. The molecule has 1 aromatic carbocycles. The Morgan fingerprint density at radius 2 is 1.81 bits per heavy atom. The molecule has 1 aromatic rings. The van der Waals surface area contributed by atoms with Crippen molar-refractivity contribution < 1.29 is 4.79 Å². The molecule has 176 valence electrons. The lowest BCUT2D eigenvalue weighted by Gasteiger charge is -2.31. The zero-order valence-electron chi connectivity index (χ0n) is 20.2. The monoisotopic (exact) mass is 543 g/mol. The number of piperidine rings is 1. The van der Waals surface area contributed by atoms with Gasteiger partial charge in [-0.1, -0.05) is 29.8 Å². The highest BCUT2D eigenvalue weighted by molar-refractivity contribution is 14.0. The van der Waals surface area contributed by atoms with Gasteiger partial charge in [0, 0.05) is 32.2 Å². The number of carbonyl (C=O) groups excluding carboxylic acids is 1. The van der Waals surface area contributed by atoms with Crippen LogP contribution in [0.15, 0.2) is 29.3 Å². The highest BCUT2D eigenvalue weighted by Crippen LogP contribution is 2.19. The normalized spacial score (nSPS) is 15.9. The Bertz CT molecular complexity index is 691. The van der Waals surface area contributed by atoms with Crippen LogP contribution in [0, 0.1) is 12.8 Å². The van der Waals surface area contributed by atoms with Crippen molar-refractivity contribution in [2.24, 2.45) is 10.9 Å². The van der Waals surface area contributed by atoms with Crippen LogP contribution in [0.5, 0.6) is 0 Å². The van der Waals surface area contributed by atoms with Crippen LogP contribution in [0.2, 0.25) is 0 Å². The van der Waals surface area contributed by atoms with Gasteiger partial charge in [-0.15, -0.1) is 24.0 Å². The minimum atomic E-state index is -0.222. The molecule has 6 nitrogen and oxygen atoms in total. The van der Waals surface area contributed by atoms with E-state index in [9.17, 15) is 4.79 Å². The molecule has 0 saturated carbocycles. The highest BCUT2D eigenvalue weighted by Gasteiger charge is 2.20. The summed E-state index contributed by atoms with van der Waals surface area (Å²) in [7, 11) is 1.92. The average Bonchev–Trinajstić information content (AvgIpc) is 2.66. The van der Waals surface area contributed by atoms with Crippen molar-refractivity contribution in [3.63, 3.8) is 0 Å². The number of aliphatic imine (C=N–C) groups is 1. The van der Waals surface area contributed by atoms with Gasteiger partial charge in [-0.2, -0.15) is 0 Å². The summed E-state index contributed by atoms with van der Waals surface area (Å²) < 4.78 is 0. The van der Waals surface area contributed by atoms with Crippen LogP contribution >= 0.6 is 24.0 Å². The highest BCUT2D eigenvalue weighted by atomic mass is 127. The van der Waals surface area contributed by atoms with E-state index in [1.807, 2.05) is 32.7 Å². The zero-order chi connectivity index (χ0) is 22.1. The van der Waals surface area contributed by atoms with E-state index in [2.05, 4.69) is 53.6 Å². The van der Waals surface area contributed by atoms with Crippen molar-refractivity contribution in [1.82, 2.24) is 20.4 Å². The van der Waals surface area contributed by atoms with Crippen LogP contribution in [-0.2, 0) is 11.3 Å². The third-order valence-corrected chi connectivity index (χ3v) is 5.32. The molecule has 0 radical (unpaired) electrons. The Labute approximate surface area is 206 Å². The molecular formula is C24H42IN5O. The van der Waals surface area contributed by atoms with Crippen molar-refractivity contribution >= 4 is 35.8 Å². The average molecular weight is 544 g/mol. The molecule has 0 bridgehead atoms. The summed E-state index contributed by atoms with van der Waals surface area (Å²) in [4.78, 5) is 21.5. The van der Waals surface area contributed by atoms with Crippen molar-refractivity contribution in [2.75, 3.05) is 39.8 Å². The van der Waals surface area contributed by atoms with E-state index in [-0.39, 0.29) is 35.4 Å². The fraction of sp³-hybridized carbons (Fsp3) is 0.667. The molecule has 2 rings (SSSR count). The van der Waals surface area contributed by atoms with Gasteiger partial charge in [0.2, 0.25) is 5.91 Å². The number of halogens is 1. The SMILES string of the molecule is CCNC(=NCC1CCN(Cc2ccc(C)cc2)CC1)N(C)CC(=O)NC(C)(C)C.I. The van der Waals surface area contributed by atoms with E-state index in [0.29, 0.717) is 12.5 Å². The topological polar surface area (TPSA) is 60.0 Å². The Morgan fingerprint density at radius 3 is 2.35 bits per heavy atom. The number of aryl methyl sites for hydroxylation is 1. The van der Waals surface area contributed by atoms with Crippen LogP contribution in [0.25, 0.3) is 0 Å². The molecule has 1 fully saturated rings. The smallest absolute Gasteiger partial charge is 0.240 e.